The van der Waals surface area contributed by atoms with Crippen molar-refractivity contribution in [3.63, 3.8) is 0 Å². The van der Waals surface area contributed by atoms with Crippen LogP contribution in [0.5, 0.6) is 0 Å². The zero-order valence-electron chi connectivity index (χ0n) is 17.3. The maximum atomic E-state index is 12.5. The second kappa shape index (κ2) is 10.8. The third kappa shape index (κ3) is 6.98. The average Bonchev–Trinajstić information content (AvgIpc) is 2.71. The summed E-state index contributed by atoms with van der Waals surface area (Å²) in [4.78, 5) is 25.6. The minimum Gasteiger partial charge on any atom is -0.475 e. The zero-order chi connectivity index (χ0) is 22.3. The number of halogens is 3. The second-order valence-electron chi connectivity index (χ2n) is 7.83. The maximum absolute atomic E-state index is 12.5. The normalized spacial score (nSPS) is 24.2. The van der Waals surface area contributed by atoms with Crippen molar-refractivity contribution in [2.45, 2.75) is 31.5 Å². The number of amides is 1. The van der Waals surface area contributed by atoms with Crippen molar-refractivity contribution >= 4 is 11.9 Å². The van der Waals surface area contributed by atoms with E-state index < -0.39 is 12.1 Å². The minimum atomic E-state index is -5.08. The molecule has 3 atom stereocenters. The largest absolute Gasteiger partial charge is 0.490 e. The summed E-state index contributed by atoms with van der Waals surface area (Å²) < 4.78 is 37.7. The fourth-order valence-corrected chi connectivity index (χ4v) is 3.96. The van der Waals surface area contributed by atoms with Crippen LogP contribution >= 0.6 is 0 Å². The molecule has 0 spiro atoms. The van der Waals surface area contributed by atoms with Crippen LogP contribution in [0.2, 0.25) is 0 Å². The third-order valence-electron chi connectivity index (χ3n) is 5.51. The lowest BCUT2D eigenvalue weighted by molar-refractivity contribution is -0.192. The molecule has 0 radical (unpaired) electrons. The van der Waals surface area contributed by atoms with Crippen molar-refractivity contribution in [3.05, 3.63) is 35.9 Å². The van der Waals surface area contributed by atoms with Crippen LogP contribution in [0.3, 0.4) is 0 Å². The molecule has 1 aromatic carbocycles. The zero-order valence-corrected chi connectivity index (χ0v) is 17.3. The quantitative estimate of drug-likeness (QED) is 0.796. The Kier molecular flexibility index (Phi) is 8.66. The predicted octanol–water partition coefficient (Wildman–Crippen LogP) is 2.68. The number of fused-ring (bicyclic) bond motifs is 1. The number of alkyl halides is 3. The number of likely N-dealkylation sites (tertiary alicyclic amines) is 1. The first-order valence-corrected chi connectivity index (χ1v) is 9.98. The van der Waals surface area contributed by atoms with E-state index in [2.05, 4.69) is 35.2 Å². The van der Waals surface area contributed by atoms with Crippen LogP contribution in [-0.4, -0.2) is 79.4 Å². The van der Waals surface area contributed by atoms with E-state index in [9.17, 15) is 18.0 Å². The van der Waals surface area contributed by atoms with Crippen LogP contribution in [0.25, 0.3) is 0 Å². The number of nitrogens with zero attached hydrogens (tertiary/aromatic N) is 2. The molecule has 168 valence electrons. The number of aliphatic carboxylic acids is 1. The first-order chi connectivity index (χ1) is 14.1. The SMILES string of the molecule is CN(C)C(=O)[C@@H]1CCO[C@@H]2CCN(CCc3ccccc3)C[C@@H]21.O=C(O)C(F)(F)F. The fraction of sp³-hybridized carbons (Fsp3) is 0.619. The molecule has 2 fully saturated rings. The first-order valence-electron chi connectivity index (χ1n) is 9.98. The summed E-state index contributed by atoms with van der Waals surface area (Å²) in [6, 6.07) is 10.6. The van der Waals surface area contributed by atoms with Crippen molar-refractivity contribution in [1.29, 1.82) is 0 Å². The monoisotopic (exact) mass is 430 g/mol. The molecule has 3 rings (SSSR count). The van der Waals surface area contributed by atoms with E-state index in [1.54, 1.807) is 4.90 Å². The van der Waals surface area contributed by atoms with E-state index in [1.165, 1.54) is 5.56 Å². The van der Waals surface area contributed by atoms with Crippen LogP contribution in [0.4, 0.5) is 13.2 Å². The van der Waals surface area contributed by atoms with E-state index in [0.717, 1.165) is 45.5 Å². The molecule has 0 bridgehead atoms. The summed E-state index contributed by atoms with van der Waals surface area (Å²) in [6.45, 7) is 3.87. The van der Waals surface area contributed by atoms with E-state index >= 15 is 0 Å². The van der Waals surface area contributed by atoms with Gasteiger partial charge in [-0.25, -0.2) is 4.79 Å². The van der Waals surface area contributed by atoms with Crippen LogP contribution in [0, 0.1) is 11.8 Å². The molecule has 1 amide bonds. The Balaban J connectivity index is 0.000000396. The van der Waals surface area contributed by atoms with Crippen LogP contribution in [0.15, 0.2) is 30.3 Å². The summed E-state index contributed by atoms with van der Waals surface area (Å²) in [5, 5.41) is 7.12. The number of piperidine rings is 1. The van der Waals surface area contributed by atoms with Gasteiger partial charge in [0.05, 0.1) is 6.10 Å². The number of hydrogen-bond donors (Lipinski definition) is 1. The van der Waals surface area contributed by atoms with Gasteiger partial charge in [-0.3, -0.25) is 4.79 Å². The van der Waals surface area contributed by atoms with Gasteiger partial charge in [-0.1, -0.05) is 30.3 Å². The van der Waals surface area contributed by atoms with Crippen LogP contribution in [-0.2, 0) is 20.7 Å². The van der Waals surface area contributed by atoms with Gasteiger partial charge in [-0.05, 0) is 24.8 Å². The molecular weight excluding hydrogens is 401 g/mol. The molecule has 2 heterocycles. The Morgan fingerprint density at radius 3 is 2.40 bits per heavy atom. The second-order valence-corrected chi connectivity index (χ2v) is 7.83. The smallest absolute Gasteiger partial charge is 0.475 e. The summed E-state index contributed by atoms with van der Waals surface area (Å²) >= 11 is 0. The number of carboxylic acid groups (broad SMARTS) is 1. The molecule has 1 aromatic rings. The molecule has 0 aliphatic carbocycles. The number of carboxylic acids is 1. The predicted molar refractivity (Wildman–Crippen MR) is 105 cm³/mol. The first kappa shape index (κ1) is 24.1. The van der Waals surface area contributed by atoms with Gasteiger partial charge < -0.3 is 19.6 Å². The van der Waals surface area contributed by atoms with Crippen molar-refractivity contribution in [1.82, 2.24) is 9.80 Å². The summed E-state index contributed by atoms with van der Waals surface area (Å²) in [5.41, 5.74) is 1.38. The molecule has 1 N–H and O–H groups in total. The number of rotatable bonds is 4. The Morgan fingerprint density at radius 2 is 1.83 bits per heavy atom. The summed E-state index contributed by atoms with van der Waals surface area (Å²) in [7, 11) is 3.73. The highest BCUT2D eigenvalue weighted by atomic mass is 19.4. The van der Waals surface area contributed by atoms with Crippen LogP contribution < -0.4 is 0 Å². The van der Waals surface area contributed by atoms with E-state index in [-0.39, 0.29) is 17.9 Å². The van der Waals surface area contributed by atoms with Gasteiger partial charge in [0.25, 0.3) is 0 Å². The Hall–Kier alpha value is -2.13. The van der Waals surface area contributed by atoms with Gasteiger partial charge in [-0.15, -0.1) is 0 Å². The highest BCUT2D eigenvalue weighted by Crippen LogP contribution is 2.34. The molecule has 0 aromatic heterocycles. The minimum absolute atomic E-state index is 0.128. The average molecular weight is 430 g/mol. The van der Waals surface area contributed by atoms with Gasteiger partial charge in [-0.2, -0.15) is 13.2 Å². The van der Waals surface area contributed by atoms with Crippen molar-refractivity contribution in [3.8, 4) is 0 Å². The summed E-state index contributed by atoms with van der Waals surface area (Å²) in [5.74, 6) is -2.01. The molecule has 2 aliphatic heterocycles. The fourth-order valence-electron chi connectivity index (χ4n) is 3.96. The lowest BCUT2D eigenvalue weighted by Gasteiger charge is -2.45. The van der Waals surface area contributed by atoms with E-state index in [1.807, 2.05) is 14.1 Å². The van der Waals surface area contributed by atoms with Gasteiger partial charge in [0.1, 0.15) is 0 Å². The molecule has 6 nitrogen and oxygen atoms in total. The lowest BCUT2D eigenvalue weighted by Crippen LogP contribution is -2.53. The maximum Gasteiger partial charge on any atom is 0.490 e. The third-order valence-corrected chi connectivity index (χ3v) is 5.51. The Morgan fingerprint density at radius 1 is 1.20 bits per heavy atom. The molecule has 2 aliphatic rings. The van der Waals surface area contributed by atoms with Gasteiger partial charge in [0, 0.05) is 52.2 Å². The van der Waals surface area contributed by atoms with Gasteiger partial charge in [0.2, 0.25) is 5.91 Å². The van der Waals surface area contributed by atoms with Crippen molar-refractivity contribution in [2.75, 3.05) is 40.3 Å². The van der Waals surface area contributed by atoms with Crippen molar-refractivity contribution < 1.29 is 32.6 Å². The molecular formula is C21H29F3N2O4. The number of hydrogen-bond acceptors (Lipinski definition) is 4. The topological polar surface area (TPSA) is 70.1 Å². The number of carbonyl (C=O) groups is 2. The number of ether oxygens (including phenoxy) is 1. The van der Waals surface area contributed by atoms with Gasteiger partial charge >= 0.3 is 12.1 Å². The van der Waals surface area contributed by atoms with Gasteiger partial charge in [0.15, 0.2) is 0 Å². The Labute approximate surface area is 174 Å². The van der Waals surface area contributed by atoms with Crippen molar-refractivity contribution in [2.24, 2.45) is 11.8 Å². The lowest BCUT2D eigenvalue weighted by atomic mass is 9.78. The Bertz CT molecular complexity index is 697. The van der Waals surface area contributed by atoms with E-state index in [0.29, 0.717) is 5.92 Å². The highest BCUT2D eigenvalue weighted by Gasteiger charge is 2.42. The summed E-state index contributed by atoms with van der Waals surface area (Å²) in [6.07, 6.45) is -1.82. The molecule has 0 unspecified atom stereocenters. The molecule has 2 saturated heterocycles. The molecule has 30 heavy (non-hydrogen) atoms. The molecule has 9 heteroatoms. The highest BCUT2D eigenvalue weighted by molar-refractivity contribution is 5.78. The van der Waals surface area contributed by atoms with Crippen LogP contribution in [0.1, 0.15) is 18.4 Å². The number of benzene rings is 1. The standard InChI is InChI=1S/C19H28N2O2.C2HF3O2/c1-20(2)19(22)16-10-13-23-18-9-12-21(14-17(16)18)11-8-15-6-4-3-5-7-15;3-2(4,5)1(6)7/h3-7,16-18H,8-14H2,1-2H3;(H,6,7)/t16-,17-,18-;/m1./s1. The molecule has 0 saturated carbocycles. The van der Waals surface area contributed by atoms with E-state index in [4.69, 9.17) is 14.6 Å². The number of carbonyl (C=O) groups excluding carboxylic acids is 1.